The predicted molar refractivity (Wildman–Crippen MR) is 75.6 cm³/mol. The van der Waals surface area contributed by atoms with E-state index in [-0.39, 0.29) is 0 Å². The molecule has 3 heterocycles. The second kappa shape index (κ2) is 6.00. The van der Waals surface area contributed by atoms with Crippen molar-refractivity contribution in [1.29, 1.82) is 0 Å². The van der Waals surface area contributed by atoms with Crippen LogP contribution in [0.25, 0.3) is 0 Å². The normalized spacial score (nSPS) is 18.4. The van der Waals surface area contributed by atoms with Crippen molar-refractivity contribution in [2.75, 3.05) is 25.1 Å². The van der Waals surface area contributed by atoms with Gasteiger partial charge in [0.2, 0.25) is 0 Å². The molecular weight excluding hydrogens is 254 g/mol. The molecule has 6 heteroatoms. The summed E-state index contributed by atoms with van der Waals surface area (Å²) >= 11 is 0. The van der Waals surface area contributed by atoms with Gasteiger partial charge in [-0.15, -0.1) is 0 Å². The first-order valence-electron chi connectivity index (χ1n) is 6.92. The van der Waals surface area contributed by atoms with Gasteiger partial charge >= 0.3 is 0 Å². The lowest BCUT2D eigenvalue weighted by Crippen LogP contribution is -2.10. The number of ether oxygens (including phenoxy) is 1. The Kier molecular flexibility index (Phi) is 3.92. The topological polar surface area (TPSA) is 64.9 Å². The quantitative estimate of drug-likeness (QED) is 0.891. The summed E-state index contributed by atoms with van der Waals surface area (Å²) in [6.45, 7) is 2.41. The van der Waals surface area contributed by atoms with E-state index in [2.05, 4.69) is 20.3 Å². The first-order chi connectivity index (χ1) is 9.83. The standard InChI is InChI=1S/C14H19N5O/c1-19-6-5-16-14(19)2-4-15-13-8-12(17-10-18-13)11-3-7-20-9-11/h5-6,8,10-11H,2-4,7,9H2,1H3,(H,15,17,18)/t11-/m0/s1. The number of imidazole rings is 1. The lowest BCUT2D eigenvalue weighted by Gasteiger charge is -2.09. The highest BCUT2D eigenvalue weighted by Crippen LogP contribution is 2.24. The van der Waals surface area contributed by atoms with Crippen molar-refractivity contribution >= 4 is 5.82 Å². The smallest absolute Gasteiger partial charge is 0.129 e. The summed E-state index contributed by atoms with van der Waals surface area (Å²) in [4.78, 5) is 12.9. The number of nitrogens with one attached hydrogen (secondary N) is 1. The highest BCUT2D eigenvalue weighted by Gasteiger charge is 2.19. The Balaban J connectivity index is 1.57. The van der Waals surface area contributed by atoms with E-state index in [4.69, 9.17) is 4.74 Å². The van der Waals surface area contributed by atoms with Gasteiger partial charge in [0.25, 0.3) is 0 Å². The lowest BCUT2D eigenvalue weighted by atomic mass is 10.1. The number of nitrogens with zero attached hydrogens (tertiary/aromatic N) is 4. The molecular formula is C14H19N5O. The molecule has 1 aliphatic heterocycles. The Morgan fingerprint density at radius 2 is 2.35 bits per heavy atom. The van der Waals surface area contributed by atoms with Gasteiger partial charge in [-0.25, -0.2) is 15.0 Å². The molecule has 0 bridgehead atoms. The van der Waals surface area contributed by atoms with Gasteiger partial charge in [0.15, 0.2) is 0 Å². The zero-order valence-corrected chi connectivity index (χ0v) is 11.6. The summed E-state index contributed by atoms with van der Waals surface area (Å²) in [6, 6.07) is 2.03. The van der Waals surface area contributed by atoms with Crippen LogP contribution >= 0.6 is 0 Å². The molecule has 1 atom stereocenters. The molecule has 0 aliphatic carbocycles. The summed E-state index contributed by atoms with van der Waals surface area (Å²) in [5, 5.41) is 3.33. The van der Waals surface area contributed by atoms with Gasteiger partial charge in [0, 0.05) is 51.0 Å². The summed E-state index contributed by atoms with van der Waals surface area (Å²) < 4.78 is 7.43. The Labute approximate surface area is 118 Å². The van der Waals surface area contributed by atoms with Crippen LogP contribution in [0.5, 0.6) is 0 Å². The molecule has 0 radical (unpaired) electrons. The van der Waals surface area contributed by atoms with Crippen molar-refractivity contribution in [1.82, 2.24) is 19.5 Å². The zero-order chi connectivity index (χ0) is 13.8. The number of anilines is 1. The van der Waals surface area contributed by atoms with Gasteiger partial charge in [-0.1, -0.05) is 0 Å². The molecule has 1 fully saturated rings. The zero-order valence-electron chi connectivity index (χ0n) is 11.6. The van der Waals surface area contributed by atoms with Crippen molar-refractivity contribution in [2.24, 2.45) is 7.05 Å². The maximum Gasteiger partial charge on any atom is 0.129 e. The van der Waals surface area contributed by atoms with Gasteiger partial charge in [0.1, 0.15) is 18.0 Å². The fourth-order valence-corrected chi connectivity index (χ4v) is 2.40. The minimum Gasteiger partial charge on any atom is -0.381 e. The summed E-state index contributed by atoms with van der Waals surface area (Å²) in [5.41, 5.74) is 1.07. The maximum absolute atomic E-state index is 5.40. The van der Waals surface area contributed by atoms with Crippen LogP contribution < -0.4 is 5.32 Å². The van der Waals surface area contributed by atoms with Crippen molar-refractivity contribution in [3.05, 3.63) is 36.3 Å². The van der Waals surface area contributed by atoms with Gasteiger partial charge in [-0.2, -0.15) is 0 Å². The molecule has 0 aromatic carbocycles. The average Bonchev–Trinajstić information content (AvgIpc) is 3.12. The molecule has 1 aliphatic rings. The Bertz CT molecular complexity index is 562. The minimum absolute atomic E-state index is 0.410. The van der Waals surface area contributed by atoms with E-state index >= 15 is 0 Å². The van der Waals surface area contributed by atoms with Crippen LogP contribution in [-0.2, 0) is 18.2 Å². The third-order valence-corrected chi connectivity index (χ3v) is 3.61. The molecule has 0 amide bonds. The molecule has 1 N–H and O–H groups in total. The number of hydrogen-bond acceptors (Lipinski definition) is 5. The van der Waals surface area contributed by atoms with E-state index in [9.17, 15) is 0 Å². The average molecular weight is 273 g/mol. The molecule has 0 unspecified atom stereocenters. The lowest BCUT2D eigenvalue weighted by molar-refractivity contribution is 0.193. The van der Waals surface area contributed by atoms with E-state index < -0.39 is 0 Å². The highest BCUT2D eigenvalue weighted by atomic mass is 16.5. The first kappa shape index (κ1) is 13.1. The van der Waals surface area contributed by atoms with Gasteiger partial charge < -0.3 is 14.6 Å². The molecule has 2 aromatic heterocycles. The molecule has 3 rings (SSSR count). The van der Waals surface area contributed by atoms with Crippen molar-refractivity contribution < 1.29 is 4.74 Å². The number of rotatable bonds is 5. The predicted octanol–water partition coefficient (Wildman–Crippen LogP) is 1.37. The van der Waals surface area contributed by atoms with E-state index in [1.54, 1.807) is 6.33 Å². The van der Waals surface area contributed by atoms with Crippen LogP contribution in [-0.4, -0.2) is 39.3 Å². The van der Waals surface area contributed by atoms with Gasteiger partial charge in [0.05, 0.1) is 12.3 Å². The van der Waals surface area contributed by atoms with Crippen LogP contribution in [0, 0.1) is 0 Å². The minimum atomic E-state index is 0.410. The summed E-state index contributed by atoms with van der Waals surface area (Å²) in [5.74, 6) is 2.35. The molecule has 1 saturated heterocycles. The van der Waals surface area contributed by atoms with Gasteiger partial charge in [-0.3, -0.25) is 0 Å². The van der Waals surface area contributed by atoms with Crippen LogP contribution in [0.1, 0.15) is 23.9 Å². The van der Waals surface area contributed by atoms with Crippen LogP contribution in [0.2, 0.25) is 0 Å². The van der Waals surface area contributed by atoms with Crippen molar-refractivity contribution in [2.45, 2.75) is 18.8 Å². The number of hydrogen-bond donors (Lipinski definition) is 1. The van der Waals surface area contributed by atoms with Gasteiger partial charge in [-0.05, 0) is 6.42 Å². The molecule has 0 saturated carbocycles. The van der Waals surface area contributed by atoms with Crippen molar-refractivity contribution in [3.63, 3.8) is 0 Å². The highest BCUT2D eigenvalue weighted by molar-refractivity contribution is 5.36. The van der Waals surface area contributed by atoms with E-state index in [0.717, 1.165) is 49.9 Å². The molecule has 2 aromatic rings. The Morgan fingerprint density at radius 3 is 3.10 bits per heavy atom. The molecule has 0 spiro atoms. The largest absolute Gasteiger partial charge is 0.381 e. The Morgan fingerprint density at radius 1 is 1.40 bits per heavy atom. The first-order valence-corrected chi connectivity index (χ1v) is 6.92. The van der Waals surface area contributed by atoms with Crippen LogP contribution in [0.4, 0.5) is 5.82 Å². The molecule has 106 valence electrons. The molecule has 6 nitrogen and oxygen atoms in total. The molecule has 20 heavy (non-hydrogen) atoms. The third-order valence-electron chi connectivity index (χ3n) is 3.61. The Hall–Kier alpha value is -1.95. The van der Waals surface area contributed by atoms with Crippen LogP contribution in [0.3, 0.4) is 0 Å². The number of aromatic nitrogens is 4. The third kappa shape index (κ3) is 2.96. The second-order valence-corrected chi connectivity index (χ2v) is 5.02. The van der Waals surface area contributed by atoms with E-state index in [1.165, 1.54) is 0 Å². The second-order valence-electron chi connectivity index (χ2n) is 5.02. The van der Waals surface area contributed by atoms with E-state index in [1.807, 2.05) is 30.1 Å². The summed E-state index contributed by atoms with van der Waals surface area (Å²) in [7, 11) is 2.01. The van der Waals surface area contributed by atoms with E-state index in [0.29, 0.717) is 5.92 Å². The van der Waals surface area contributed by atoms with Crippen molar-refractivity contribution in [3.8, 4) is 0 Å². The monoisotopic (exact) mass is 273 g/mol. The summed E-state index contributed by atoms with van der Waals surface area (Å²) in [6.07, 6.45) is 7.31. The SMILES string of the molecule is Cn1ccnc1CCNc1cc([C@H]2CCOC2)ncn1. The van der Waals surface area contributed by atoms with Crippen LogP contribution in [0.15, 0.2) is 24.8 Å². The fraction of sp³-hybridized carbons (Fsp3) is 0.500. The maximum atomic E-state index is 5.40. The number of aryl methyl sites for hydroxylation is 1. The fourth-order valence-electron chi connectivity index (χ4n) is 2.40.